The van der Waals surface area contributed by atoms with Crippen LogP contribution in [-0.2, 0) is 17.7 Å². The van der Waals surface area contributed by atoms with Crippen molar-refractivity contribution in [2.24, 2.45) is 11.3 Å². The Kier molecular flexibility index (Phi) is 4.15. The highest BCUT2D eigenvalue weighted by molar-refractivity contribution is 5.94. The van der Waals surface area contributed by atoms with E-state index in [0.717, 1.165) is 49.1 Å². The molecule has 2 saturated carbocycles. The van der Waals surface area contributed by atoms with E-state index in [4.69, 9.17) is 4.74 Å². The minimum Gasteiger partial charge on any atom is -0.396 e. The van der Waals surface area contributed by atoms with Gasteiger partial charge in [0.25, 0.3) is 5.91 Å². The van der Waals surface area contributed by atoms with Gasteiger partial charge in [0.1, 0.15) is 5.69 Å². The first-order valence-corrected chi connectivity index (χ1v) is 9.61. The Labute approximate surface area is 148 Å². The monoisotopic (exact) mass is 347 g/mol. The molecule has 2 aliphatic carbocycles. The maximum absolute atomic E-state index is 13.0. The first kappa shape index (κ1) is 17.0. The van der Waals surface area contributed by atoms with Crippen LogP contribution in [0.2, 0.25) is 0 Å². The fourth-order valence-corrected chi connectivity index (χ4v) is 5.25. The molecule has 2 N–H and O–H groups in total. The number of rotatable bonds is 4. The van der Waals surface area contributed by atoms with Gasteiger partial charge in [0.05, 0.1) is 17.9 Å². The number of ether oxygens (including phenoxy) is 1. The van der Waals surface area contributed by atoms with Gasteiger partial charge in [-0.1, -0.05) is 0 Å². The van der Waals surface area contributed by atoms with Crippen molar-refractivity contribution >= 4 is 5.91 Å². The number of aryl methyl sites for hydroxylation is 1. The number of aliphatic hydroxyl groups excluding tert-OH is 1. The molecule has 6 nitrogen and oxygen atoms in total. The molecule has 2 fully saturated rings. The lowest BCUT2D eigenvalue weighted by molar-refractivity contribution is -0.0644. The highest BCUT2D eigenvalue weighted by atomic mass is 16.5. The number of amides is 1. The normalized spacial score (nSPS) is 36.5. The van der Waals surface area contributed by atoms with Gasteiger partial charge in [-0.05, 0) is 57.8 Å². The fourth-order valence-electron chi connectivity index (χ4n) is 5.25. The number of hydrogen-bond acceptors (Lipinski definition) is 4. The number of aliphatic hydroxyl groups is 1. The highest BCUT2D eigenvalue weighted by Crippen LogP contribution is 2.58. The number of carbonyl (C=O) groups is 1. The molecule has 1 aromatic heterocycles. The Balaban J connectivity index is 1.46. The predicted molar refractivity (Wildman–Crippen MR) is 93.3 cm³/mol. The predicted octanol–water partition coefficient (Wildman–Crippen LogP) is 2.21. The summed E-state index contributed by atoms with van der Waals surface area (Å²) in [5.41, 5.74) is 3.10. The molecule has 1 aromatic rings. The van der Waals surface area contributed by atoms with E-state index in [0.29, 0.717) is 24.5 Å². The Bertz CT molecular complexity index is 670. The van der Waals surface area contributed by atoms with Crippen LogP contribution in [0.3, 0.4) is 0 Å². The zero-order chi connectivity index (χ0) is 17.8. The molecule has 2 heterocycles. The second-order valence-electron chi connectivity index (χ2n) is 8.36. The van der Waals surface area contributed by atoms with Gasteiger partial charge in [0.2, 0.25) is 0 Å². The maximum Gasteiger partial charge on any atom is 0.270 e. The van der Waals surface area contributed by atoms with Gasteiger partial charge in [-0.2, -0.15) is 5.10 Å². The number of aromatic nitrogens is 2. The molecule has 3 aliphatic rings. The van der Waals surface area contributed by atoms with Crippen LogP contribution in [-0.4, -0.2) is 39.5 Å². The Morgan fingerprint density at radius 3 is 2.72 bits per heavy atom. The van der Waals surface area contributed by atoms with Crippen LogP contribution < -0.4 is 5.32 Å². The summed E-state index contributed by atoms with van der Waals surface area (Å²) in [7, 11) is 0. The molecular formula is C19H29N3O3. The van der Waals surface area contributed by atoms with Crippen molar-refractivity contribution in [1.29, 1.82) is 0 Å². The Hall–Kier alpha value is -1.40. The molecule has 25 heavy (non-hydrogen) atoms. The minimum absolute atomic E-state index is 0.00906. The van der Waals surface area contributed by atoms with Crippen LogP contribution in [0.4, 0.5) is 0 Å². The van der Waals surface area contributed by atoms with Crippen LogP contribution in [0.5, 0.6) is 0 Å². The fraction of sp³-hybridized carbons (Fsp3) is 0.789. The number of nitrogens with zero attached hydrogens (tertiary/aromatic N) is 2. The van der Waals surface area contributed by atoms with Crippen LogP contribution in [0.1, 0.15) is 74.3 Å². The van der Waals surface area contributed by atoms with E-state index in [1.54, 1.807) is 0 Å². The van der Waals surface area contributed by atoms with Gasteiger partial charge in [0.15, 0.2) is 0 Å². The molecule has 0 aromatic carbocycles. The first-order valence-electron chi connectivity index (χ1n) is 9.61. The van der Waals surface area contributed by atoms with E-state index in [2.05, 4.69) is 10.4 Å². The van der Waals surface area contributed by atoms with Gasteiger partial charge in [-0.3, -0.25) is 9.48 Å². The van der Waals surface area contributed by atoms with Gasteiger partial charge < -0.3 is 15.2 Å². The Morgan fingerprint density at radius 2 is 2.08 bits per heavy atom. The van der Waals surface area contributed by atoms with Gasteiger partial charge in [0, 0.05) is 31.2 Å². The quantitative estimate of drug-likeness (QED) is 0.875. The Morgan fingerprint density at radius 1 is 1.36 bits per heavy atom. The van der Waals surface area contributed by atoms with Crippen LogP contribution >= 0.6 is 0 Å². The van der Waals surface area contributed by atoms with Crippen molar-refractivity contribution in [1.82, 2.24) is 15.1 Å². The average Bonchev–Trinajstić information content (AvgIpc) is 2.86. The second kappa shape index (κ2) is 6.09. The van der Waals surface area contributed by atoms with E-state index in [9.17, 15) is 9.90 Å². The maximum atomic E-state index is 13.0. The molecule has 2 atom stereocenters. The third kappa shape index (κ3) is 2.79. The van der Waals surface area contributed by atoms with E-state index in [1.807, 2.05) is 25.5 Å². The molecule has 6 heteroatoms. The SMILES string of the molecule is CCn1nc2c(c1C(=O)NC1CC3(CC(CO)C3)C1)C[C@H](C)O[C@@H]2C. The number of fused-ring (bicyclic) bond motifs is 1. The lowest BCUT2D eigenvalue weighted by Gasteiger charge is -2.57. The molecule has 1 amide bonds. The topological polar surface area (TPSA) is 76.4 Å². The first-order chi connectivity index (χ1) is 11.9. The summed E-state index contributed by atoms with van der Waals surface area (Å²) in [4.78, 5) is 13.0. The molecule has 1 aliphatic heterocycles. The zero-order valence-corrected chi connectivity index (χ0v) is 15.4. The molecule has 0 saturated heterocycles. The summed E-state index contributed by atoms with van der Waals surface area (Å²) < 4.78 is 7.69. The summed E-state index contributed by atoms with van der Waals surface area (Å²) in [5.74, 6) is 0.489. The standard InChI is InChI=1S/C19H29N3O3/c1-4-22-17(15-5-11(2)25-12(3)16(15)21-22)18(24)20-14-8-19(9-14)6-13(7-19)10-23/h11-14,23H,4-10H2,1-3H3,(H,20,24)/t11-,12+,13?,14?,19?/m0/s1. The molecule has 138 valence electrons. The smallest absolute Gasteiger partial charge is 0.270 e. The van der Waals surface area contributed by atoms with Crippen molar-refractivity contribution in [2.75, 3.05) is 6.61 Å². The van der Waals surface area contributed by atoms with E-state index < -0.39 is 0 Å². The van der Waals surface area contributed by atoms with Crippen molar-refractivity contribution in [3.63, 3.8) is 0 Å². The lowest BCUT2D eigenvalue weighted by atomic mass is 9.50. The van der Waals surface area contributed by atoms with E-state index in [-0.39, 0.29) is 24.2 Å². The molecule has 0 bridgehead atoms. The van der Waals surface area contributed by atoms with Crippen LogP contribution in [0.15, 0.2) is 0 Å². The molecule has 4 rings (SSSR count). The lowest BCUT2D eigenvalue weighted by Crippen LogP contribution is -2.56. The van der Waals surface area contributed by atoms with Gasteiger partial charge >= 0.3 is 0 Å². The van der Waals surface area contributed by atoms with Crippen LogP contribution in [0.25, 0.3) is 0 Å². The van der Waals surface area contributed by atoms with Gasteiger partial charge in [-0.25, -0.2) is 0 Å². The van der Waals surface area contributed by atoms with Crippen molar-refractivity contribution < 1.29 is 14.6 Å². The summed E-state index contributed by atoms with van der Waals surface area (Å²) in [6.45, 7) is 7.07. The number of nitrogens with one attached hydrogen (secondary N) is 1. The minimum atomic E-state index is -0.0598. The van der Waals surface area contributed by atoms with Crippen molar-refractivity contribution in [3.8, 4) is 0 Å². The number of hydrogen-bond donors (Lipinski definition) is 2. The molecule has 0 unspecified atom stereocenters. The molecule has 0 radical (unpaired) electrons. The summed E-state index contributed by atoms with van der Waals surface area (Å²) in [6.07, 6.45) is 5.13. The third-order valence-corrected chi connectivity index (χ3v) is 6.30. The molecular weight excluding hydrogens is 318 g/mol. The summed E-state index contributed by atoms with van der Waals surface area (Å²) >= 11 is 0. The van der Waals surface area contributed by atoms with Gasteiger partial charge in [-0.15, -0.1) is 0 Å². The summed E-state index contributed by atoms with van der Waals surface area (Å²) in [6, 6.07) is 0.262. The van der Waals surface area contributed by atoms with E-state index >= 15 is 0 Å². The third-order valence-electron chi connectivity index (χ3n) is 6.30. The largest absolute Gasteiger partial charge is 0.396 e. The second-order valence-corrected chi connectivity index (χ2v) is 8.36. The van der Waals surface area contributed by atoms with Crippen LogP contribution in [0, 0.1) is 11.3 Å². The van der Waals surface area contributed by atoms with E-state index in [1.165, 1.54) is 0 Å². The van der Waals surface area contributed by atoms with Crippen molar-refractivity contribution in [3.05, 3.63) is 17.0 Å². The summed E-state index contributed by atoms with van der Waals surface area (Å²) in [5, 5.41) is 17.1. The average molecular weight is 347 g/mol. The zero-order valence-electron chi connectivity index (χ0n) is 15.4. The highest BCUT2D eigenvalue weighted by Gasteiger charge is 2.53. The number of carbonyl (C=O) groups excluding carboxylic acids is 1. The molecule has 1 spiro atoms. The van der Waals surface area contributed by atoms with Crippen molar-refractivity contribution in [2.45, 2.75) is 77.7 Å².